The summed E-state index contributed by atoms with van der Waals surface area (Å²) in [6, 6.07) is 7.75. The highest BCUT2D eigenvalue weighted by Gasteiger charge is 2.23. The van der Waals surface area contributed by atoms with Crippen LogP contribution in [0, 0.1) is 0 Å². The molecule has 5 nitrogen and oxygen atoms in total. The van der Waals surface area contributed by atoms with Crippen molar-refractivity contribution in [1.29, 1.82) is 0 Å². The Labute approximate surface area is 163 Å². The lowest BCUT2D eigenvalue weighted by molar-refractivity contribution is 0.0655. The van der Waals surface area contributed by atoms with E-state index in [1.807, 2.05) is 29.2 Å². The van der Waals surface area contributed by atoms with E-state index in [2.05, 4.69) is 31.0 Å². The lowest BCUT2D eigenvalue weighted by Gasteiger charge is -2.34. The molecule has 7 heteroatoms. The van der Waals surface area contributed by atoms with E-state index >= 15 is 0 Å². The fourth-order valence-corrected chi connectivity index (χ4v) is 2.83. The summed E-state index contributed by atoms with van der Waals surface area (Å²) in [6.07, 6.45) is 0. The number of halogens is 2. The summed E-state index contributed by atoms with van der Waals surface area (Å²) in [6.45, 7) is 12.5. The lowest BCUT2D eigenvalue weighted by Crippen LogP contribution is -2.52. The minimum Gasteiger partial charge on any atom is -0.492 e. The van der Waals surface area contributed by atoms with Gasteiger partial charge in [0.15, 0.2) is 0 Å². The van der Waals surface area contributed by atoms with Crippen LogP contribution in [-0.2, 0) is 0 Å². The van der Waals surface area contributed by atoms with Gasteiger partial charge < -0.3 is 19.9 Å². The van der Waals surface area contributed by atoms with Crippen molar-refractivity contribution in [1.82, 2.24) is 15.1 Å². The first-order chi connectivity index (χ1) is 11.2. The largest absolute Gasteiger partial charge is 0.492 e. The fraction of sp³-hybridized carbons (Fsp3) is 0.611. The molecule has 25 heavy (non-hydrogen) atoms. The molecule has 1 fully saturated rings. The van der Waals surface area contributed by atoms with Crippen LogP contribution >= 0.6 is 24.8 Å². The number of ether oxygens (including phenoxy) is 1. The van der Waals surface area contributed by atoms with E-state index in [0.29, 0.717) is 6.61 Å². The highest BCUT2D eigenvalue weighted by atomic mass is 35.5. The van der Waals surface area contributed by atoms with E-state index in [4.69, 9.17) is 4.74 Å². The Morgan fingerprint density at radius 2 is 1.88 bits per heavy atom. The molecule has 1 N–H and O–H groups in total. The molecule has 1 aliphatic heterocycles. The van der Waals surface area contributed by atoms with Gasteiger partial charge in [0.25, 0.3) is 5.91 Å². The molecule has 2 rings (SSSR count). The minimum absolute atomic E-state index is 0. The summed E-state index contributed by atoms with van der Waals surface area (Å²) in [5, 5.41) is 3.30. The van der Waals surface area contributed by atoms with Crippen molar-refractivity contribution in [3.05, 3.63) is 29.8 Å². The van der Waals surface area contributed by atoms with Gasteiger partial charge in [0.2, 0.25) is 0 Å². The van der Waals surface area contributed by atoms with Crippen molar-refractivity contribution < 1.29 is 9.53 Å². The smallest absolute Gasteiger partial charge is 0.254 e. The zero-order valence-electron chi connectivity index (χ0n) is 15.4. The van der Waals surface area contributed by atoms with Crippen LogP contribution in [0.4, 0.5) is 0 Å². The quantitative estimate of drug-likeness (QED) is 0.775. The van der Waals surface area contributed by atoms with Crippen LogP contribution in [0.2, 0.25) is 0 Å². The molecule has 0 bridgehead atoms. The molecule has 1 saturated heterocycles. The van der Waals surface area contributed by atoms with Crippen LogP contribution < -0.4 is 10.1 Å². The molecule has 0 aliphatic carbocycles. The van der Waals surface area contributed by atoms with E-state index in [0.717, 1.165) is 50.6 Å². The molecule has 0 saturated carbocycles. The number of carbonyl (C=O) groups is 1. The molecular weight excluding hydrogens is 361 g/mol. The van der Waals surface area contributed by atoms with Crippen LogP contribution in [0.3, 0.4) is 0 Å². The normalized spacial score (nSPS) is 16.8. The average molecular weight is 392 g/mol. The third kappa shape index (κ3) is 7.02. The number of nitrogens with one attached hydrogen (secondary N) is 1. The van der Waals surface area contributed by atoms with Gasteiger partial charge in [0.1, 0.15) is 12.4 Å². The lowest BCUT2D eigenvalue weighted by atomic mass is 10.1. The van der Waals surface area contributed by atoms with E-state index < -0.39 is 0 Å². The van der Waals surface area contributed by atoms with Crippen LogP contribution in [0.15, 0.2) is 24.3 Å². The number of benzene rings is 1. The molecule has 0 spiro atoms. The van der Waals surface area contributed by atoms with Crippen LogP contribution in [0.5, 0.6) is 5.75 Å². The Morgan fingerprint density at radius 3 is 2.44 bits per heavy atom. The maximum absolute atomic E-state index is 12.6. The second-order valence-corrected chi connectivity index (χ2v) is 5.95. The predicted molar refractivity (Wildman–Crippen MR) is 108 cm³/mol. The summed E-state index contributed by atoms with van der Waals surface area (Å²) >= 11 is 0. The summed E-state index contributed by atoms with van der Waals surface area (Å²) in [7, 11) is 0. The maximum Gasteiger partial charge on any atom is 0.254 e. The van der Waals surface area contributed by atoms with Crippen LogP contribution in [-0.4, -0.2) is 67.6 Å². The average Bonchev–Trinajstić information content (AvgIpc) is 2.59. The SMILES string of the molecule is CCN(CC)CCOc1ccc(C(=O)N2CCNC[C@H]2C)cc1.Cl.Cl. The van der Waals surface area contributed by atoms with Crippen LogP contribution in [0.1, 0.15) is 31.1 Å². The number of hydrogen-bond acceptors (Lipinski definition) is 4. The van der Waals surface area contributed by atoms with E-state index in [1.54, 1.807) is 0 Å². The van der Waals surface area contributed by atoms with Gasteiger partial charge in [-0.25, -0.2) is 0 Å². The molecule has 1 amide bonds. The van der Waals surface area contributed by atoms with Gasteiger partial charge in [-0.05, 0) is 44.3 Å². The predicted octanol–water partition coefficient (Wildman–Crippen LogP) is 2.68. The summed E-state index contributed by atoms with van der Waals surface area (Å²) in [5.74, 6) is 0.927. The standard InChI is InChI=1S/C18H29N3O2.2ClH/c1-4-20(5-2)12-13-23-17-8-6-16(7-9-17)18(22)21-11-10-19-14-15(21)3;;/h6-9,15,19H,4-5,10-14H2,1-3H3;2*1H/t15-;;/m1../s1. The van der Waals surface area contributed by atoms with Crippen LogP contribution in [0.25, 0.3) is 0 Å². The fourth-order valence-electron chi connectivity index (χ4n) is 2.83. The first-order valence-corrected chi connectivity index (χ1v) is 8.62. The van der Waals surface area contributed by atoms with Gasteiger partial charge in [-0.3, -0.25) is 4.79 Å². The Balaban J connectivity index is 0.00000288. The van der Waals surface area contributed by atoms with Crippen molar-refractivity contribution in [2.75, 3.05) is 45.9 Å². The molecule has 0 aromatic heterocycles. The number of carbonyl (C=O) groups excluding carboxylic acids is 1. The Kier molecular flexibility index (Phi) is 11.9. The third-order valence-electron chi connectivity index (χ3n) is 4.43. The van der Waals surface area contributed by atoms with Gasteiger partial charge in [-0.2, -0.15) is 0 Å². The summed E-state index contributed by atoms with van der Waals surface area (Å²) in [5.41, 5.74) is 0.731. The molecule has 0 radical (unpaired) electrons. The molecule has 144 valence electrons. The van der Waals surface area contributed by atoms with E-state index in [1.165, 1.54) is 0 Å². The van der Waals surface area contributed by atoms with Gasteiger partial charge in [-0.1, -0.05) is 13.8 Å². The number of rotatable bonds is 7. The first kappa shape index (κ1) is 24.0. The zero-order valence-corrected chi connectivity index (χ0v) is 17.0. The Hall–Kier alpha value is -1.01. The highest BCUT2D eigenvalue weighted by molar-refractivity contribution is 5.94. The molecule has 0 unspecified atom stereocenters. The summed E-state index contributed by atoms with van der Waals surface area (Å²) in [4.78, 5) is 16.8. The second kappa shape index (κ2) is 12.4. The van der Waals surface area contributed by atoms with Crippen molar-refractivity contribution in [2.24, 2.45) is 0 Å². The molecule has 1 aromatic rings. The van der Waals surface area contributed by atoms with Crippen molar-refractivity contribution >= 4 is 30.7 Å². The third-order valence-corrected chi connectivity index (χ3v) is 4.43. The number of nitrogens with zero attached hydrogens (tertiary/aromatic N) is 2. The van der Waals surface area contributed by atoms with Gasteiger partial charge in [-0.15, -0.1) is 24.8 Å². The van der Waals surface area contributed by atoms with Gasteiger partial charge in [0, 0.05) is 37.8 Å². The Morgan fingerprint density at radius 1 is 1.24 bits per heavy atom. The number of piperazine rings is 1. The summed E-state index contributed by atoms with van der Waals surface area (Å²) < 4.78 is 5.76. The zero-order chi connectivity index (χ0) is 16.7. The van der Waals surface area contributed by atoms with E-state index in [9.17, 15) is 4.79 Å². The van der Waals surface area contributed by atoms with Crippen molar-refractivity contribution in [3.8, 4) is 5.75 Å². The molecule has 1 heterocycles. The number of amides is 1. The highest BCUT2D eigenvalue weighted by Crippen LogP contribution is 2.15. The second-order valence-electron chi connectivity index (χ2n) is 5.95. The van der Waals surface area contributed by atoms with Gasteiger partial charge in [0.05, 0.1) is 0 Å². The van der Waals surface area contributed by atoms with Crippen molar-refractivity contribution in [2.45, 2.75) is 26.8 Å². The molecule has 1 atom stereocenters. The topological polar surface area (TPSA) is 44.8 Å². The maximum atomic E-state index is 12.6. The first-order valence-electron chi connectivity index (χ1n) is 8.62. The molecular formula is C18H31Cl2N3O2. The van der Waals surface area contributed by atoms with Crippen molar-refractivity contribution in [3.63, 3.8) is 0 Å². The minimum atomic E-state index is 0. The Bertz CT molecular complexity index is 496. The molecule has 1 aromatic carbocycles. The number of hydrogen-bond donors (Lipinski definition) is 1. The van der Waals surface area contributed by atoms with E-state index in [-0.39, 0.29) is 36.8 Å². The molecule has 1 aliphatic rings. The number of likely N-dealkylation sites (N-methyl/N-ethyl adjacent to an activating group) is 1. The van der Waals surface area contributed by atoms with Gasteiger partial charge >= 0.3 is 0 Å². The monoisotopic (exact) mass is 391 g/mol.